The monoisotopic (exact) mass is 104 g/mol. The number of hydrogen-bond donors (Lipinski definition) is 0. The summed E-state index contributed by atoms with van der Waals surface area (Å²) < 4.78 is 4.68. The second-order valence-corrected chi connectivity index (χ2v) is 0.986. The second-order valence-electron chi connectivity index (χ2n) is 0.986. The zero-order valence-electron chi connectivity index (χ0n) is 4.29. The van der Waals surface area contributed by atoms with Gasteiger partial charge in [0.15, 0.2) is 0 Å². The summed E-state index contributed by atoms with van der Waals surface area (Å²) >= 11 is 0. The van der Waals surface area contributed by atoms with Crippen LogP contribution in [0.15, 0.2) is 24.5 Å². The van der Waals surface area contributed by atoms with Crippen molar-refractivity contribution in [3.8, 4) is 0 Å². The van der Waals surface area contributed by atoms with Crippen molar-refractivity contribution in [1.82, 2.24) is 0 Å². The van der Waals surface area contributed by atoms with E-state index in [1.807, 2.05) is 18.2 Å². The summed E-state index contributed by atoms with van der Waals surface area (Å²) in [6.07, 6.45) is 7.20. The molecule has 0 bridgehead atoms. The quantitative estimate of drug-likeness (QED) is 0.261. The van der Waals surface area contributed by atoms with Crippen molar-refractivity contribution in [2.75, 3.05) is 0 Å². The molecule has 0 spiro atoms. The average molecular weight is 104 g/mol. The van der Waals surface area contributed by atoms with E-state index in [0.717, 1.165) is 0 Å². The Kier molecular flexibility index (Phi) is 4.41. The van der Waals surface area contributed by atoms with E-state index < -0.39 is 0 Å². The molecule has 0 aromatic carbocycles. The Morgan fingerprint density at radius 2 is 2.14 bits per heavy atom. The molecule has 0 aromatic rings. The predicted octanol–water partition coefficient (Wildman–Crippen LogP) is -1.75. The van der Waals surface area contributed by atoms with Gasteiger partial charge in [-0.3, -0.25) is 0 Å². The molecule has 7 heavy (non-hydrogen) atoms. The molecule has 1 aliphatic rings. The molecule has 0 aromatic heterocycles. The van der Waals surface area contributed by atoms with Crippen LogP contribution in [0.5, 0.6) is 0 Å². The van der Waals surface area contributed by atoms with Gasteiger partial charge in [-0.2, -0.15) is 6.08 Å². The van der Waals surface area contributed by atoms with Crippen LogP contribution in [0, 0.1) is 6.61 Å². The fraction of sp³-hybridized carbons (Fsp3) is 0. The first-order chi connectivity index (χ1) is 3.00. The third-order valence-corrected chi connectivity index (χ3v) is 0.536. The van der Waals surface area contributed by atoms with E-state index in [2.05, 4.69) is 4.74 Å². The Balaban J connectivity index is 0.000000360. The first kappa shape index (κ1) is 7.15. The van der Waals surface area contributed by atoms with Gasteiger partial charge in [0, 0.05) is 6.26 Å². The summed E-state index contributed by atoms with van der Waals surface area (Å²) in [4.78, 5) is 0. The average Bonchev–Trinajstić information content (AvgIpc) is 1.72. The topological polar surface area (TPSA) is 9.23 Å². The molecule has 1 heterocycles. The van der Waals surface area contributed by atoms with Crippen molar-refractivity contribution in [3.05, 3.63) is 31.1 Å². The molecule has 0 N–H and O–H groups in total. The SMILES string of the molecule is C1=C[CH-]OC=C1.[Na+]. The van der Waals surface area contributed by atoms with Gasteiger partial charge < -0.3 is 4.74 Å². The van der Waals surface area contributed by atoms with Gasteiger partial charge in [0.25, 0.3) is 0 Å². The fourth-order valence-electron chi connectivity index (χ4n) is 0.291. The molecule has 1 aliphatic heterocycles. The minimum atomic E-state index is 0. The van der Waals surface area contributed by atoms with Gasteiger partial charge in [-0.1, -0.05) is 6.61 Å². The summed E-state index contributed by atoms with van der Waals surface area (Å²) in [7, 11) is 0. The van der Waals surface area contributed by atoms with E-state index in [1.165, 1.54) is 0 Å². The summed E-state index contributed by atoms with van der Waals surface area (Å²) in [6, 6.07) is 0. The normalized spacial score (nSPS) is 13.7. The number of rotatable bonds is 0. The maximum Gasteiger partial charge on any atom is 1.00 e. The molecular weight excluding hydrogens is 99.0 g/mol. The van der Waals surface area contributed by atoms with Crippen LogP contribution in [0.1, 0.15) is 0 Å². The number of ether oxygens (including phenoxy) is 1. The smallest absolute Gasteiger partial charge is 0.560 e. The van der Waals surface area contributed by atoms with Gasteiger partial charge in [0.1, 0.15) is 0 Å². The van der Waals surface area contributed by atoms with Gasteiger partial charge in [0.05, 0.1) is 0 Å². The Hall–Kier alpha value is 0.150. The van der Waals surface area contributed by atoms with E-state index in [4.69, 9.17) is 0 Å². The molecule has 0 fully saturated rings. The standard InChI is InChI=1S/C5H5O.Na/c1-2-4-6-5-3-1;/h1-5H;/q-1;+1. The van der Waals surface area contributed by atoms with Crippen LogP contribution in [0.4, 0.5) is 0 Å². The van der Waals surface area contributed by atoms with E-state index in [0.29, 0.717) is 0 Å². The van der Waals surface area contributed by atoms with Crippen LogP contribution in [-0.2, 0) is 4.74 Å². The maximum absolute atomic E-state index is 4.68. The predicted molar refractivity (Wildman–Crippen MR) is 23.7 cm³/mol. The van der Waals surface area contributed by atoms with E-state index >= 15 is 0 Å². The van der Waals surface area contributed by atoms with Crippen LogP contribution in [0.2, 0.25) is 0 Å². The van der Waals surface area contributed by atoms with Gasteiger partial charge in [0.2, 0.25) is 0 Å². The van der Waals surface area contributed by atoms with Crippen molar-refractivity contribution in [3.63, 3.8) is 0 Å². The maximum atomic E-state index is 4.68. The summed E-state index contributed by atoms with van der Waals surface area (Å²) in [5.41, 5.74) is 0. The Morgan fingerprint density at radius 3 is 2.29 bits per heavy atom. The van der Waals surface area contributed by atoms with Crippen LogP contribution < -0.4 is 29.6 Å². The van der Waals surface area contributed by atoms with E-state index in [1.54, 1.807) is 12.9 Å². The molecule has 0 amide bonds. The minimum absolute atomic E-state index is 0. The van der Waals surface area contributed by atoms with Crippen LogP contribution >= 0.6 is 0 Å². The minimum Gasteiger partial charge on any atom is -0.560 e. The van der Waals surface area contributed by atoms with Crippen molar-refractivity contribution in [2.24, 2.45) is 0 Å². The number of allylic oxidation sites excluding steroid dienone is 2. The largest absolute Gasteiger partial charge is 1.00 e. The zero-order chi connectivity index (χ0) is 4.24. The van der Waals surface area contributed by atoms with Crippen molar-refractivity contribution in [1.29, 1.82) is 0 Å². The molecule has 0 saturated carbocycles. The van der Waals surface area contributed by atoms with Crippen molar-refractivity contribution in [2.45, 2.75) is 0 Å². The molecule has 32 valence electrons. The van der Waals surface area contributed by atoms with Gasteiger partial charge in [-0.15, -0.1) is 6.08 Å². The Morgan fingerprint density at radius 1 is 1.29 bits per heavy atom. The summed E-state index contributed by atoms with van der Waals surface area (Å²) in [5.74, 6) is 0. The zero-order valence-corrected chi connectivity index (χ0v) is 6.29. The molecule has 1 nitrogen and oxygen atoms in total. The molecule has 0 atom stereocenters. The Labute approximate surface area is 65.3 Å². The third-order valence-electron chi connectivity index (χ3n) is 0.536. The molecule has 0 radical (unpaired) electrons. The number of hydrogen-bond acceptors (Lipinski definition) is 1. The van der Waals surface area contributed by atoms with Crippen molar-refractivity contribution >= 4 is 0 Å². The third kappa shape index (κ3) is 2.80. The molecule has 0 aliphatic carbocycles. The molecule has 1 rings (SSSR count). The van der Waals surface area contributed by atoms with Crippen LogP contribution in [-0.4, -0.2) is 0 Å². The van der Waals surface area contributed by atoms with Gasteiger partial charge >= 0.3 is 29.6 Å². The second kappa shape index (κ2) is 4.31. The van der Waals surface area contributed by atoms with Crippen LogP contribution in [0.25, 0.3) is 0 Å². The van der Waals surface area contributed by atoms with Gasteiger partial charge in [-0.05, 0) is 0 Å². The first-order valence-electron chi connectivity index (χ1n) is 1.80. The summed E-state index contributed by atoms with van der Waals surface area (Å²) in [5, 5.41) is 0. The molecule has 0 saturated heterocycles. The Bertz CT molecular complexity index is 74.1. The van der Waals surface area contributed by atoms with Crippen LogP contribution in [0.3, 0.4) is 0 Å². The first-order valence-corrected chi connectivity index (χ1v) is 1.80. The molecular formula is C5H5NaO. The van der Waals surface area contributed by atoms with Gasteiger partial charge in [-0.25, -0.2) is 6.08 Å². The molecule has 0 unspecified atom stereocenters. The molecule has 2 heteroatoms. The van der Waals surface area contributed by atoms with E-state index in [9.17, 15) is 0 Å². The fourth-order valence-corrected chi connectivity index (χ4v) is 0.291. The van der Waals surface area contributed by atoms with E-state index in [-0.39, 0.29) is 29.6 Å². The summed E-state index contributed by atoms with van der Waals surface area (Å²) in [6.45, 7) is 1.62. The van der Waals surface area contributed by atoms with Crippen molar-refractivity contribution < 1.29 is 34.3 Å².